The summed E-state index contributed by atoms with van der Waals surface area (Å²) >= 11 is 0. The van der Waals surface area contributed by atoms with Crippen molar-refractivity contribution in [1.29, 1.82) is 0 Å². The van der Waals surface area contributed by atoms with Gasteiger partial charge >= 0.3 is 6.03 Å². The highest BCUT2D eigenvalue weighted by Gasteiger charge is 2.25. The average Bonchev–Trinajstić information content (AvgIpc) is 3.21. The maximum Gasteiger partial charge on any atom is 0.315 e. The first-order chi connectivity index (χ1) is 14.1. The number of benzene rings is 2. The predicted octanol–water partition coefficient (Wildman–Crippen LogP) is 4.61. The second-order valence-corrected chi connectivity index (χ2v) is 8.22. The quantitative estimate of drug-likeness (QED) is 0.686. The first-order valence-corrected chi connectivity index (χ1v) is 10.5. The van der Waals surface area contributed by atoms with E-state index in [2.05, 4.69) is 47.6 Å². The van der Waals surface area contributed by atoms with Gasteiger partial charge in [-0.1, -0.05) is 56.3 Å². The Bertz CT molecular complexity index is 779. The number of hydrogen-bond donors (Lipinski definition) is 2. The molecule has 1 fully saturated rings. The van der Waals surface area contributed by atoms with Gasteiger partial charge in [0, 0.05) is 19.6 Å². The zero-order valence-corrected chi connectivity index (χ0v) is 17.7. The Labute approximate surface area is 174 Å². The minimum Gasteiger partial charge on any atom is -0.495 e. The molecule has 2 unspecified atom stereocenters. The van der Waals surface area contributed by atoms with Gasteiger partial charge in [-0.05, 0) is 42.4 Å². The monoisotopic (exact) mass is 395 g/mol. The number of carbonyl (C=O) groups is 1. The summed E-state index contributed by atoms with van der Waals surface area (Å²) in [6, 6.07) is 18.3. The van der Waals surface area contributed by atoms with Crippen LogP contribution in [0, 0.1) is 11.8 Å². The summed E-state index contributed by atoms with van der Waals surface area (Å²) in [6.45, 7) is 6.95. The Morgan fingerprint density at radius 3 is 2.59 bits per heavy atom. The molecule has 29 heavy (non-hydrogen) atoms. The highest BCUT2D eigenvalue weighted by molar-refractivity contribution is 5.74. The van der Waals surface area contributed by atoms with Crippen molar-refractivity contribution in [3.05, 3.63) is 60.2 Å². The molecule has 0 aliphatic carbocycles. The van der Waals surface area contributed by atoms with Crippen LogP contribution in [0.3, 0.4) is 0 Å². The van der Waals surface area contributed by atoms with Crippen LogP contribution in [0.1, 0.15) is 38.3 Å². The fraction of sp³-hybridized carbons (Fsp3) is 0.458. The SMILES string of the molecule is COc1ccccc1N1CCC(CNC(=O)NC(CC(C)C)c2ccccc2)C1. The molecule has 156 valence electrons. The predicted molar refractivity (Wildman–Crippen MR) is 118 cm³/mol. The summed E-state index contributed by atoms with van der Waals surface area (Å²) in [5.74, 6) is 1.84. The largest absolute Gasteiger partial charge is 0.495 e. The number of urea groups is 1. The van der Waals surface area contributed by atoms with E-state index in [0.717, 1.165) is 42.9 Å². The van der Waals surface area contributed by atoms with Gasteiger partial charge in [-0.3, -0.25) is 0 Å². The lowest BCUT2D eigenvalue weighted by Crippen LogP contribution is -2.41. The van der Waals surface area contributed by atoms with Crippen LogP contribution in [0.2, 0.25) is 0 Å². The minimum absolute atomic E-state index is 0.0323. The van der Waals surface area contributed by atoms with E-state index in [-0.39, 0.29) is 12.1 Å². The number of para-hydroxylation sites is 2. The van der Waals surface area contributed by atoms with Crippen molar-refractivity contribution in [2.75, 3.05) is 31.6 Å². The van der Waals surface area contributed by atoms with Crippen LogP contribution < -0.4 is 20.3 Å². The van der Waals surface area contributed by atoms with Crippen LogP contribution in [0.5, 0.6) is 5.75 Å². The third-order valence-corrected chi connectivity index (χ3v) is 5.48. The molecule has 1 heterocycles. The first-order valence-electron chi connectivity index (χ1n) is 10.5. The second-order valence-electron chi connectivity index (χ2n) is 8.22. The molecule has 1 aliphatic rings. The molecule has 2 amide bonds. The van der Waals surface area contributed by atoms with Crippen LogP contribution in [-0.4, -0.2) is 32.8 Å². The summed E-state index contributed by atoms with van der Waals surface area (Å²) in [4.78, 5) is 14.9. The summed E-state index contributed by atoms with van der Waals surface area (Å²) in [7, 11) is 1.71. The normalized spacial score (nSPS) is 17.2. The molecule has 2 aromatic carbocycles. The van der Waals surface area contributed by atoms with Crippen LogP contribution in [-0.2, 0) is 0 Å². The molecule has 0 radical (unpaired) electrons. The van der Waals surface area contributed by atoms with Gasteiger partial charge in [0.25, 0.3) is 0 Å². The van der Waals surface area contributed by atoms with E-state index in [1.54, 1.807) is 7.11 Å². The average molecular weight is 396 g/mol. The topological polar surface area (TPSA) is 53.6 Å². The number of carbonyl (C=O) groups excluding carboxylic acids is 1. The van der Waals surface area contributed by atoms with E-state index in [9.17, 15) is 4.79 Å². The molecule has 0 aromatic heterocycles. The zero-order valence-electron chi connectivity index (χ0n) is 17.7. The lowest BCUT2D eigenvalue weighted by Gasteiger charge is -2.23. The standard InChI is InChI=1S/C24H33N3O2/c1-18(2)15-21(20-9-5-4-6-10-20)26-24(28)25-16-19-13-14-27(17-19)22-11-7-8-12-23(22)29-3/h4-12,18-19,21H,13-17H2,1-3H3,(H2,25,26,28). The van der Waals surface area contributed by atoms with Crippen molar-refractivity contribution in [3.8, 4) is 5.75 Å². The Kier molecular flexibility index (Phi) is 7.39. The van der Waals surface area contributed by atoms with Crippen LogP contribution >= 0.6 is 0 Å². The van der Waals surface area contributed by atoms with E-state index in [4.69, 9.17) is 4.74 Å². The smallest absolute Gasteiger partial charge is 0.315 e. The fourth-order valence-corrected chi connectivity index (χ4v) is 3.99. The van der Waals surface area contributed by atoms with Crippen LogP contribution in [0.25, 0.3) is 0 Å². The van der Waals surface area contributed by atoms with Gasteiger partial charge in [-0.15, -0.1) is 0 Å². The number of nitrogens with zero attached hydrogens (tertiary/aromatic N) is 1. The highest BCUT2D eigenvalue weighted by atomic mass is 16.5. The third kappa shape index (κ3) is 5.89. The van der Waals surface area contributed by atoms with Crippen molar-refractivity contribution in [1.82, 2.24) is 10.6 Å². The van der Waals surface area contributed by atoms with Crippen molar-refractivity contribution >= 4 is 11.7 Å². The first kappa shape index (κ1) is 21.0. The maximum atomic E-state index is 12.6. The van der Waals surface area contributed by atoms with Crippen molar-refractivity contribution in [3.63, 3.8) is 0 Å². The molecule has 3 rings (SSSR count). The molecule has 1 aliphatic heterocycles. The van der Waals surface area contributed by atoms with Crippen LogP contribution in [0.15, 0.2) is 54.6 Å². The van der Waals surface area contributed by atoms with Crippen molar-refractivity contribution in [2.45, 2.75) is 32.7 Å². The summed E-state index contributed by atoms with van der Waals surface area (Å²) in [6.07, 6.45) is 1.98. The number of hydrogen-bond acceptors (Lipinski definition) is 3. The molecule has 2 N–H and O–H groups in total. The Balaban J connectivity index is 1.51. The van der Waals surface area contributed by atoms with Crippen molar-refractivity contribution in [2.24, 2.45) is 11.8 Å². The Morgan fingerprint density at radius 2 is 1.86 bits per heavy atom. The minimum atomic E-state index is -0.0877. The van der Waals surface area contributed by atoms with Gasteiger partial charge in [-0.25, -0.2) is 4.79 Å². The molecular weight excluding hydrogens is 362 g/mol. The van der Waals surface area contributed by atoms with Gasteiger partial charge in [0.15, 0.2) is 0 Å². The molecule has 1 saturated heterocycles. The highest BCUT2D eigenvalue weighted by Crippen LogP contribution is 2.31. The molecule has 0 saturated carbocycles. The molecule has 2 aromatic rings. The summed E-state index contributed by atoms with van der Waals surface area (Å²) < 4.78 is 5.49. The maximum absolute atomic E-state index is 12.6. The lowest BCUT2D eigenvalue weighted by molar-refractivity contribution is 0.233. The van der Waals surface area contributed by atoms with Gasteiger partial charge in [0.2, 0.25) is 0 Å². The molecule has 0 spiro atoms. The van der Waals surface area contributed by atoms with Gasteiger partial charge < -0.3 is 20.3 Å². The molecular formula is C24H33N3O2. The zero-order chi connectivity index (χ0) is 20.6. The summed E-state index contributed by atoms with van der Waals surface area (Å²) in [5.41, 5.74) is 2.28. The van der Waals surface area contributed by atoms with E-state index in [0.29, 0.717) is 18.4 Å². The number of rotatable bonds is 8. The van der Waals surface area contributed by atoms with Gasteiger partial charge in [0.1, 0.15) is 5.75 Å². The molecule has 5 nitrogen and oxygen atoms in total. The van der Waals surface area contributed by atoms with E-state index in [1.807, 2.05) is 36.4 Å². The fourth-order valence-electron chi connectivity index (χ4n) is 3.99. The molecule has 2 atom stereocenters. The number of anilines is 1. The number of methoxy groups -OCH3 is 1. The molecule has 5 heteroatoms. The Hall–Kier alpha value is -2.69. The number of amides is 2. The second kappa shape index (κ2) is 10.2. The Morgan fingerprint density at radius 1 is 1.14 bits per heavy atom. The molecule has 0 bridgehead atoms. The third-order valence-electron chi connectivity index (χ3n) is 5.48. The van der Waals surface area contributed by atoms with Gasteiger partial charge in [0.05, 0.1) is 18.8 Å². The lowest BCUT2D eigenvalue weighted by atomic mass is 9.97. The summed E-state index contributed by atoms with van der Waals surface area (Å²) in [5, 5.41) is 6.26. The van der Waals surface area contributed by atoms with Gasteiger partial charge in [-0.2, -0.15) is 0 Å². The van der Waals surface area contributed by atoms with E-state index < -0.39 is 0 Å². The van der Waals surface area contributed by atoms with Crippen molar-refractivity contribution < 1.29 is 9.53 Å². The number of ether oxygens (including phenoxy) is 1. The number of nitrogens with one attached hydrogen (secondary N) is 2. The van der Waals surface area contributed by atoms with E-state index in [1.165, 1.54) is 0 Å². The van der Waals surface area contributed by atoms with Crippen LogP contribution in [0.4, 0.5) is 10.5 Å². The van der Waals surface area contributed by atoms with E-state index >= 15 is 0 Å².